The lowest BCUT2D eigenvalue weighted by molar-refractivity contribution is -0.339. The number of hydrogen-bond donors (Lipinski definition) is 2. The van der Waals surface area contributed by atoms with Crippen molar-refractivity contribution in [1.29, 1.82) is 0 Å². The smallest absolute Gasteiger partial charge is 0.417 e. The van der Waals surface area contributed by atoms with Gasteiger partial charge in [0.2, 0.25) is 6.04 Å². The number of carbonyl (C=O) groups is 2. The second-order valence-corrected chi connectivity index (χ2v) is 7.28. The van der Waals surface area contributed by atoms with Crippen molar-refractivity contribution < 1.29 is 81.3 Å². The number of rotatable bonds is 13. The van der Waals surface area contributed by atoms with E-state index in [0.29, 0.717) is 0 Å². The third-order valence-electron chi connectivity index (χ3n) is 4.57. The summed E-state index contributed by atoms with van der Waals surface area (Å²) in [7, 11) is 0. The van der Waals surface area contributed by atoms with Crippen LogP contribution in [0.15, 0.2) is 0 Å². The molecule has 0 aromatic rings. The molecular weight excluding hydrogens is 550 g/mol. The highest BCUT2D eigenvalue weighted by atomic mass is 19.4. The molecule has 0 atom stereocenters. The van der Waals surface area contributed by atoms with Gasteiger partial charge in [-0.25, -0.2) is 18.4 Å². The molecule has 0 aromatic carbocycles. The van der Waals surface area contributed by atoms with Gasteiger partial charge in [0.05, 0.1) is 6.54 Å². The van der Waals surface area contributed by atoms with E-state index in [2.05, 4.69) is 0 Å². The average molecular weight is 568 g/mol. The van der Waals surface area contributed by atoms with Gasteiger partial charge in [-0.1, -0.05) is 12.8 Å². The lowest BCUT2D eigenvalue weighted by Crippen LogP contribution is -2.61. The van der Waals surface area contributed by atoms with Crippen molar-refractivity contribution in [3.05, 3.63) is 0 Å². The van der Waals surface area contributed by atoms with Crippen molar-refractivity contribution in [3.8, 4) is 0 Å². The van der Waals surface area contributed by atoms with Crippen molar-refractivity contribution >= 4 is 12.2 Å². The standard InChI is InChI=1S/C16H18F14N2O4/c17-9(18)13(21,22)16(29,30)12(19,20)7-31(10(33)34)5-3-1-2-4-6-32(11(35)36)8(14(23,24)25)15(26,27)28/h8-9H,1-7H2,(H,33,34)(H,35,36). The molecule has 0 rings (SSSR count). The summed E-state index contributed by atoms with van der Waals surface area (Å²) in [5.74, 6) is -19.2. The molecule has 0 saturated carbocycles. The maximum Gasteiger partial charge on any atom is 0.417 e. The number of alkyl halides is 14. The molecule has 2 N–H and O–H groups in total. The number of hydrogen-bond acceptors (Lipinski definition) is 2. The van der Waals surface area contributed by atoms with Gasteiger partial charge in [0, 0.05) is 13.1 Å². The predicted octanol–water partition coefficient (Wildman–Crippen LogP) is 6.17. The Balaban J connectivity index is 5.08. The summed E-state index contributed by atoms with van der Waals surface area (Å²) < 4.78 is 180. The molecular formula is C16H18F14N2O4. The van der Waals surface area contributed by atoms with E-state index in [-0.39, 0.29) is 6.42 Å². The fraction of sp³-hybridized carbons (Fsp3) is 0.875. The minimum atomic E-state index is -6.67. The minimum absolute atomic E-state index is 0.380. The molecule has 0 unspecified atom stereocenters. The monoisotopic (exact) mass is 568 g/mol. The van der Waals surface area contributed by atoms with Gasteiger partial charge in [-0.15, -0.1) is 0 Å². The lowest BCUT2D eigenvalue weighted by Gasteiger charge is -2.34. The van der Waals surface area contributed by atoms with E-state index < -0.39 is 103 Å². The van der Waals surface area contributed by atoms with Crippen molar-refractivity contribution in [3.63, 3.8) is 0 Å². The van der Waals surface area contributed by atoms with Crippen LogP contribution in [-0.4, -0.2) is 94.4 Å². The van der Waals surface area contributed by atoms with Crippen molar-refractivity contribution in [2.45, 2.75) is 68.3 Å². The molecule has 0 heterocycles. The quantitative estimate of drug-likeness (QED) is 0.206. The normalized spacial score (nSPS) is 13.9. The summed E-state index contributed by atoms with van der Waals surface area (Å²) in [4.78, 5) is 20.4. The maximum absolute atomic E-state index is 13.6. The summed E-state index contributed by atoms with van der Waals surface area (Å²) in [5, 5.41) is 17.5. The molecule has 0 radical (unpaired) electrons. The van der Waals surface area contributed by atoms with E-state index in [1.165, 1.54) is 0 Å². The maximum atomic E-state index is 13.6. The van der Waals surface area contributed by atoms with E-state index in [4.69, 9.17) is 10.2 Å². The average Bonchev–Trinajstić information content (AvgIpc) is 2.65. The predicted molar refractivity (Wildman–Crippen MR) is 89.5 cm³/mol. The van der Waals surface area contributed by atoms with Gasteiger partial charge < -0.3 is 15.1 Å². The van der Waals surface area contributed by atoms with E-state index >= 15 is 0 Å². The number of carboxylic acid groups (broad SMARTS) is 2. The second-order valence-electron chi connectivity index (χ2n) is 7.28. The van der Waals surface area contributed by atoms with Crippen molar-refractivity contribution in [2.75, 3.05) is 19.6 Å². The zero-order valence-electron chi connectivity index (χ0n) is 17.5. The first kappa shape index (κ1) is 33.6. The van der Waals surface area contributed by atoms with Crippen LogP contribution >= 0.6 is 0 Å². The molecule has 0 bridgehead atoms. The molecule has 0 aliphatic carbocycles. The van der Waals surface area contributed by atoms with Gasteiger partial charge in [0.15, 0.2) is 0 Å². The highest BCUT2D eigenvalue weighted by Gasteiger charge is 2.75. The molecule has 214 valence electrons. The van der Waals surface area contributed by atoms with Crippen LogP contribution in [0.4, 0.5) is 71.1 Å². The summed E-state index contributed by atoms with van der Waals surface area (Å²) in [6, 6.07) is -4.36. The number of nitrogens with zero attached hydrogens (tertiary/aromatic N) is 2. The third kappa shape index (κ3) is 8.31. The van der Waals surface area contributed by atoms with Crippen molar-refractivity contribution in [2.24, 2.45) is 0 Å². The highest BCUT2D eigenvalue weighted by molar-refractivity contribution is 5.66. The van der Waals surface area contributed by atoms with Crippen LogP contribution in [0.5, 0.6) is 0 Å². The topological polar surface area (TPSA) is 81.1 Å². The Labute approximate surface area is 192 Å². The molecule has 6 nitrogen and oxygen atoms in total. The van der Waals surface area contributed by atoms with Gasteiger partial charge in [0.1, 0.15) is 0 Å². The first-order valence-electron chi connectivity index (χ1n) is 9.43. The van der Waals surface area contributed by atoms with Crippen LogP contribution in [0.25, 0.3) is 0 Å². The van der Waals surface area contributed by atoms with Crippen LogP contribution in [0.2, 0.25) is 0 Å². The van der Waals surface area contributed by atoms with Gasteiger partial charge >= 0.3 is 48.7 Å². The second kappa shape index (κ2) is 11.7. The van der Waals surface area contributed by atoms with Crippen LogP contribution in [0.1, 0.15) is 25.7 Å². The van der Waals surface area contributed by atoms with Crippen LogP contribution in [-0.2, 0) is 0 Å². The Morgan fingerprint density at radius 3 is 1.42 bits per heavy atom. The van der Waals surface area contributed by atoms with Gasteiger partial charge in [-0.05, 0) is 12.8 Å². The molecule has 2 amide bonds. The van der Waals surface area contributed by atoms with Gasteiger partial charge in [-0.3, -0.25) is 4.90 Å². The number of unbranched alkanes of at least 4 members (excludes halogenated alkanes) is 3. The molecule has 0 aromatic heterocycles. The molecule has 36 heavy (non-hydrogen) atoms. The van der Waals surface area contributed by atoms with Gasteiger partial charge in [-0.2, -0.15) is 52.7 Å². The fourth-order valence-corrected chi connectivity index (χ4v) is 2.77. The zero-order valence-corrected chi connectivity index (χ0v) is 17.5. The lowest BCUT2D eigenvalue weighted by atomic mass is 10.0. The van der Waals surface area contributed by atoms with Crippen LogP contribution in [0.3, 0.4) is 0 Å². The molecule has 20 heteroatoms. The molecule has 0 spiro atoms. The SMILES string of the molecule is O=C(O)N(CCCCCCN(C(=O)O)C(C(F)(F)F)C(F)(F)F)CC(F)(F)C(F)(F)C(F)(F)C(F)F. The van der Waals surface area contributed by atoms with E-state index in [0.717, 1.165) is 0 Å². The summed E-state index contributed by atoms with van der Waals surface area (Å²) in [6.07, 6.45) is -24.2. The zero-order chi connectivity index (χ0) is 28.9. The number of halogens is 14. The first-order chi connectivity index (χ1) is 15.9. The van der Waals surface area contributed by atoms with Crippen LogP contribution in [0, 0.1) is 0 Å². The minimum Gasteiger partial charge on any atom is -0.465 e. The molecule has 0 fully saturated rings. The summed E-state index contributed by atoms with van der Waals surface area (Å²) >= 11 is 0. The Bertz CT molecular complexity index is 727. The summed E-state index contributed by atoms with van der Waals surface area (Å²) in [5.41, 5.74) is 0. The first-order valence-corrected chi connectivity index (χ1v) is 9.43. The largest absolute Gasteiger partial charge is 0.465 e. The molecule has 0 aliphatic rings. The van der Waals surface area contributed by atoms with E-state index in [9.17, 15) is 71.1 Å². The Hall–Kier alpha value is -2.44. The van der Waals surface area contributed by atoms with Crippen molar-refractivity contribution in [1.82, 2.24) is 9.80 Å². The van der Waals surface area contributed by atoms with E-state index in [1.54, 1.807) is 0 Å². The number of amides is 2. The summed E-state index contributed by atoms with van der Waals surface area (Å²) in [6.45, 7) is -5.06. The van der Waals surface area contributed by atoms with Gasteiger partial charge in [0.25, 0.3) is 0 Å². The highest BCUT2D eigenvalue weighted by Crippen LogP contribution is 2.48. The third-order valence-corrected chi connectivity index (χ3v) is 4.57. The molecule has 0 saturated heterocycles. The Morgan fingerprint density at radius 2 is 1.08 bits per heavy atom. The fourth-order valence-electron chi connectivity index (χ4n) is 2.77. The molecule has 0 aliphatic heterocycles. The Kier molecular flexibility index (Phi) is 10.9. The van der Waals surface area contributed by atoms with Crippen LogP contribution < -0.4 is 0 Å². The van der Waals surface area contributed by atoms with E-state index in [1.807, 2.05) is 0 Å². The Morgan fingerprint density at radius 1 is 0.667 bits per heavy atom.